The molecule has 0 bridgehead atoms. The van der Waals surface area contributed by atoms with E-state index in [0.29, 0.717) is 12.4 Å². The number of carbonyl (C=O) groups excluding carboxylic acids is 1. The number of hydrogen-bond donors (Lipinski definition) is 1. The van der Waals surface area contributed by atoms with Gasteiger partial charge in [-0.1, -0.05) is 11.6 Å². The van der Waals surface area contributed by atoms with Crippen LogP contribution in [0.15, 0.2) is 41.3 Å². The van der Waals surface area contributed by atoms with E-state index in [4.69, 9.17) is 16.3 Å². The van der Waals surface area contributed by atoms with Gasteiger partial charge >= 0.3 is 0 Å². The van der Waals surface area contributed by atoms with Crippen molar-refractivity contribution < 1.29 is 17.9 Å². The third-order valence-corrected chi connectivity index (χ3v) is 6.67. The van der Waals surface area contributed by atoms with Crippen LogP contribution in [0.25, 0.3) is 5.82 Å². The van der Waals surface area contributed by atoms with Crippen molar-refractivity contribution in [2.24, 2.45) is 0 Å². The number of aryl methyl sites for hydroxylation is 2. The first-order valence-electron chi connectivity index (χ1n) is 9.75. The number of nitrogens with one attached hydrogen (secondary N) is 1. The number of benzene rings is 1. The van der Waals surface area contributed by atoms with Crippen molar-refractivity contribution >= 4 is 33.2 Å². The van der Waals surface area contributed by atoms with Gasteiger partial charge < -0.3 is 10.1 Å². The molecule has 2 heterocycles. The topological polar surface area (TPSA) is 106 Å². The van der Waals surface area contributed by atoms with E-state index in [-0.39, 0.29) is 27.0 Å². The van der Waals surface area contributed by atoms with Crippen molar-refractivity contribution in [3.8, 4) is 11.6 Å². The van der Waals surface area contributed by atoms with E-state index >= 15 is 0 Å². The van der Waals surface area contributed by atoms with Gasteiger partial charge in [-0.25, -0.2) is 22.4 Å². The molecule has 11 heteroatoms. The lowest BCUT2D eigenvalue weighted by molar-refractivity contribution is 0.102. The molecule has 170 valence electrons. The summed E-state index contributed by atoms with van der Waals surface area (Å²) in [7, 11) is -0.960. The van der Waals surface area contributed by atoms with E-state index in [1.165, 1.54) is 26.2 Å². The van der Waals surface area contributed by atoms with Crippen LogP contribution < -0.4 is 10.1 Å². The second-order valence-electron chi connectivity index (χ2n) is 7.17. The first-order valence-corrected chi connectivity index (χ1v) is 11.6. The van der Waals surface area contributed by atoms with E-state index in [9.17, 15) is 13.2 Å². The first-order chi connectivity index (χ1) is 15.0. The summed E-state index contributed by atoms with van der Waals surface area (Å²) >= 11 is 6.23. The highest BCUT2D eigenvalue weighted by Gasteiger charge is 2.24. The number of hydrogen-bond acceptors (Lipinski definition) is 6. The molecule has 9 nitrogen and oxygen atoms in total. The molecule has 0 saturated carbocycles. The number of carbonyl (C=O) groups is 1. The zero-order valence-corrected chi connectivity index (χ0v) is 20.0. The molecule has 0 fully saturated rings. The van der Waals surface area contributed by atoms with Crippen LogP contribution in [0.3, 0.4) is 0 Å². The molecule has 3 rings (SSSR count). The maximum Gasteiger partial charge on any atom is 0.275 e. The van der Waals surface area contributed by atoms with Crippen molar-refractivity contribution in [1.82, 2.24) is 19.1 Å². The number of anilines is 1. The summed E-state index contributed by atoms with van der Waals surface area (Å²) < 4.78 is 33.6. The summed E-state index contributed by atoms with van der Waals surface area (Å²) in [6.45, 7) is 5.78. The number of sulfonamides is 1. The summed E-state index contributed by atoms with van der Waals surface area (Å²) in [5, 5.41) is 7.19. The molecule has 0 aliphatic carbocycles. The monoisotopic (exact) mass is 477 g/mol. The summed E-state index contributed by atoms with van der Waals surface area (Å²) in [4.78, 5) is 17.2. The molecule has 1 N–H and O–H groups in total. The Bertz CT molecular complexity index is 1270. The van der Waals surface area contributed by atoms with E-state index < -0.39 is 15.9 Å². The van der Waals surface area contributed by atoms with Crippen LogP contribution in [0.1, 0.15) is 28.8 Å². The molecule has 0 aliphatic rings. The second-order valence-corrected chi connectivity index (χ2v) is 9.70. The molecule has 0 unspecified atom stereocenters. The fourth-order valence-electron chi connectivity index (χ4n) is 3.02. The van der Waals surface area contributed by atoms with Gasteiger partial charge in [-0.15, -0.1) is 0 Å². The number of aromatic nitrogens is 3. The number of amides is 1. The highest BCUT2D eigenvalue weighted by atomic mass is 35.5. The lowest BCUT2D eigenvalue weighted by atomic mass is 10.2. The van der Waals surface area contributed by atoms with Crippen LogP contribution in [0.2, 0.25) is 5.02 Å². The Morgan fingerprint density at radius 1 is 1.19 bits per heavy atom. The van der Waals surface area contributed by atoms with Gasteiger partial charge in [-0.2, -0.15) is 5.10 Å². The van der Waals surface area contributed by atoms with Crippen LogP contribution in [-0.2, 0) is 10.0 Å². The Labute approximate surface area is 192 Å². The van der Waals surface area contributed by atoms with Gasteiger partial charge in [0, 0.05) is 25.5 Å². The Kier molecular flexibility index (Phi) is 6.87. The molecule has 1 aromatic carbocycles. The van der Waals surface area contributed by atoms with Gasteiger partial charge in [0.1, 0.15) is 16.3 Å². The van der Waals surface area contributed by atoms with Gasteiger partial charge in [0.2, 0.25) is 10.0 Å². The average Bonchev–Trinajstić information content (AvgIpc) is 3.07. The fourth-order valence-corrected chi connectivity index (χ4v) is 4.26. The molecule has 2 aromatic heterocycles. The largest absolute Gasteiger partial charge is 0.492 e. The van der Waals surface area contributed by atoms with Crippen LogP contribution >= 0.6 is 11.6 Å². The predicted octanol–water partition coefficient (Wildman–Crippen LogP) is 3.44. The number of ether oxygens (including phenoxy) is 1. The van der Waals surface area contributed by atoms with E-state index in [1.54, 1.807) is 29.8 Å². The van der Waals surface area contributed by atoms with Crippen LogP contribution in [-0.4, -0.2) is 54.1 Å². The Balaban J connectivity index is 1.97. The highest BCUT2D eigenvalue weighted by molar-refractivity contribution is 7.89. The molecule has 0 aliphatic heterocycles. The van der Waals surface area contributed by atoms with Gasteiger partial charge in [-0.05, 0) is 57.2 Å². The number of rotatable bonds is 7. The Morgan fingerprint density at radius 3 is 2.50 bits per heavy atom. The third kappa shape index (κ3) is 4.77. The van der Waals surface area contributed by atoms with E-state index in [2.05, 4.69) is 15.4 Å². The van der Waals surface area contributed by atoms with Gasteiger partial charge in [0.15, 0.2) is 5.82 Å². The fraction of sp³-hybridized carbons (Fsp3) is 0.286. The van der Waals surface area contributed by atoms with Crippen LogP contribution in [0.5, 0.6) is 5.75 Å². The quantitative estimate of drug-likeness (QED) is 0.558. The van der Waals surface area contributed by atoms with Crippen molar-refractivity contribution in [1.29, 1.82) is 0 Å². The minimum absolute atomic E-state index is 0.0115. The maximum absolute atomic E-state index is 12.9. The summed E-state index contributed by atoms with van der Waals surface area (Å²) in [6, 6.07) is 9.51. The van der Waals surface area contributed by atoms with Crippen molar-refractivity contribution in [3.05, 3.63) is 58.5 Å². The molecule has 0 atom stereocenters. The predicted molar refractivity (Wildman–Crippen MR) is 122 cm³/mol. The van der Waals surface area contributed by atoms with Crippen molar-refractivity contribution in [2.75, 3.05) is 26.0 Å². The standard InChI is InChI=1S/C21H24ClN5O4S/c1-6-31-17-9-7-15(12-18(17)32(29,30)26(4)5)23-21(28)20-16(22)8-10-19(24-20)27-14(3)11-13(2)25-27/h7-12H,6H2,1-5H3,(H,23,28). The number of halogens is 1. The molecule has 0 radical (unpaired) electrons. The zero-order chi connectivity index (χ0) is 23.6. The third-order valence-electron chi connectivity index (χ3n) is 4.53. The smallest absolute Gasteiger partial charge is 0.275 e. The normalized spacial score (nSPS) is 11.6. The van der Waals surface area contributed by atoms with E-state index in [1.807, 2.05) is 19.9 Å². The summed E-state index contributed by atoms with van der Waals surface area (Å²) in [6.07, 6.45) is 0. The van der Waals surface area contributed by atoms with Gasteiger partial charge in [-0.3, -0.25) is 4.79 Å². The van der Waals surface area contributed by atoms with Gasteiger partial charge in [0.25, 0.3) is 5.91 Å². The Hall–Kier alpha value is -2.95. The number of nitrogens with zero attached hydrogens (tertiary/aromatic N) is 4. The molecule has 1 amide bonds. The highest BCUT2D eigenvalue weighted by Crippen LogP contribution is 2.29. The number of pyridine rings is 1. The molecule has 32 heavy (non-hydrogen) atoms. The minimum atomic E-state index is -3.80. The molecular formula is C21H24ClN5O4S. The van der Waals surface area contributed by atoms with Crippen LogP contribution in [0, 0.1) is 13.8 Å². The zero-order valence-electron chi connectivity index (χ0n) is 18.4. The molecule has 3 aromatic rings. The minimum Gasteiger partial charge on any atom is -0.492 e. The summed E-state index contributed by atoms with van der Waals surface area (Å²) in [5.74, 6) is 0.0466. The molecule has 0 saturated heterocycles. The van der Waals surface area contributed by atoms with Crippen molar-refractivity contribution in [3.63, 3.8) is 0 Å². The van der Waals surface area contributed by atoms with Crippen LogP contribution in [0.4, 0.5) is 5.69 Å². The second kappa shape index (κ2) is 9.27. The SMILES string of the molecule is CCOc1ccc(NC(=O)c2nc(-n3nc(C)cc3C)ccc2Cl)cc1S(=O)(=O)N(C)C. The average molecular weight is 478 g/mol. The lowest BCUT2D eigenvalue weighted by Gasteiger charge is -2.17. The molecular weight excluding hydrogens is 454 g/mol. The van der Waals surface area contributed by atoms with Crippen molar-refractivity contribution in [2.45, 2.75) is 25.7 Å². The Morgan fingerprint density at radius 2 is 1.91 bits per heavy atom. The first kappa shape index (κ1) is 23.7. The van der Waals surface area contributed by atoms with Gasteiger partial charge in [0.05, 0.1) is 17.3 Å². The van der Waals surface area contributed by atoms with E-state index in [0.717, 1.165) is 15.7 Å². The maximum atomic E-state index is 12.9. The summed E-state index contributed by atoms with van der Waals surface area (Å²) in [5.41, 5.74) is 1.92. The molecule has 0 spiro atoms. The lowest BCUT2D eigenvalue weighted by Crippen LogP contribution is -2.23.